The maximum atomic E-state index is 13.7. The molecule has 2 rings (SSSR count). The van der Waals surface area contributed by atoms with Gasteiger partial charge in [-0.3, -0.25) is 14.3 Å². The molecule has 37 heavy (non-hydrogen) atoms. The zero-order valence-electron chi connectivity index (χ0n) is 18.6. The van der Waals surface area contributed by atoms with E-state index in [1.807, 2.05) is 0 Å². The Labute approximate surface area is 214 Å². The van der Waals surface area contributed by atoms with E-state index >= 15 is 0 Å². The van der Waals surface area contributed by atoms with Crippen LogP contribution in [0.5, 0.6) is 0 Å². The van der Waals surface area contributed by atoms with Crippen molar-refractivity contribution in [2.24, 2.45) is 7.05 Å². The summed E-state index contributed by atoms with van der Waals surface area (Å²) in [5.74, 6) is -2.70. The topological polar surface area (TPSA) is 73.7 Å². The molecule has 1 unspecified atom stereocenters. The highest BCUT2D eigenvalue weighted by Gasteiger charge is 2.44. The first-order valence-corrected chi connectivity index (χ1v) is 10.7. The third kappa shape index (κ3) is 6.31. The van der Waals surface area contributed by atoms with E-state index < -0.39 is 80.8 Å². The number of hydrogen-bond donors (Lipinski definition) is 0. The lowest BCUT2D eigenvalue weighted by molar-refractivity contribution is -0.153. The molecule has 1 atom stereocenters. The van der Waals surface area contributed by atoms with Gasteiger partial charge in [-0.05, 0) is 35.0 Å². The molecule has 7 nitrogen and oxygen atoms in total. The lowest BCUT2D eigenvalue weighted by Crippen LogP contribution is -2.45. The van der Waals surface area contributed by atoms with Crippen molar-refractivity contribution in [3.63, 3.8) is 0 Å². The molecule has 0 aliphatic rings. The molecule has 1 aromatic carbocycles. The summed E-state index contributed by atoms with van der Waals surface area (Å²) in [6.07, 6.45) is -18.5. The normalized spacial score (nSPS) is 13.5. The van der Waals surface area contributed by atoms with Gasteiger partial charge in [-0.25, -0.2) is 9.78 Å². The average Bonchev–Trinajstić information content (AvgIpc) is 2.76. The molecule has 0 bridgehead atoms. The summed E-state index contributed by atoms with van der Waals surface area (Å²) in [7, 11) is 1.54. The third-order valence-corrected chi connectivity index (χ3v) is 5.78. The molecule has 0 amide bonds. The molecule has 0 spiro atoms. The van der Waals surface area contributed by atoms with E-state index in [2.05, 4.69) is 25.7 Å². The van der Waals surface area contributed by atoms with Gasteiger partial charge >= 0.3 is 24.5 Å². The third-order valence-electron chi connectivity index (χ3n) is 4.60. The van der Waals surface area contributed by atoms with Crippen LogP contribution in [0.25, 0.3) is 0 Å². The Morgan fingerprint density at radius 3 is 2.11 bits per heavy atom. The Morgan fingerprint density at radius 2 is 1.68 bits per heavy atom. The summed E-state index contributed by atoms with van der Waals surface area (Å²) >= 11 is 8.00. The highest BCUT2D eigenvalue weighted by molar-refractivity contribution is 9.10. The first-order valence-electron chi connectivity index (χ1n) is 9.57. The van der Waals surface area contributed by atoms with E-state index in [1.165, 1.54) is 6.92 Å². The Balaban J connectivity index is 3.17. The smallest absolute Gasteiger partial charge is 0.435 e. The maximum absolute atomic E-state index is 13.7. The molecule has 0 saturated heterocycles. The van der Waals surface area contributed by atoms with Crippen LogP contribution in [0, 0.1) is 0 Å². The Bertz CT molecular complexity index is 1250. The highest BCUT2D eigenvalue weighted by atomic mass is 79.9. The van der Waals surface area contributed by atoms with Gasteiger partial charge < -0.3 is 9.47 Å². The summed E-state index contributed by atoms with van der Waals surface area (Å²) in [5, 5.41) is -1.44. The molecule has 0 radical (unpaired) electrons. The molecule has 18 heteroatoms. The Hall–Kier alpha value is -2.53. The second kappa shape index (κ2) is 10.7. The minimum Gasteiger partial charge on any atom is -0.466 e. The van der Waals surface area contributed by atoms with Crippen LogP contribution in [0.4, 0.5) is 51.1 Å². The number of benzene rings is 1. The molecular weight excluding hydrogens is 621 g/mol. The van der Waals surface area contributed by atoms with Gasteiger partial charge in [-0.2, -0.15) is 39.5 Å². The van der Waals surface area contributed by atoms with Crippen LogP contribution in [-0.4, -0.2) is 35.5 Å². The van der Waals surface area contributed by atoms with Gasteiger partial charge in [0.15, 0.2) is 5.69 Å². The van der Waals surface area contributed by atoms with Gasteiger partial charge in [0.1, 0.15) is 5.02 Å². The van der Waals surface area contributed by atoms with Crippen LogP contribution in [0.15, 0.2) is 21.4 Å². The van der Waals surface area contributed by atoms with Crippen LogP contribution < -0.4 is 10.5 Å². The summed E-state index contributed by atoms with van der Waals surface area (Å²) in [6.45, 7) is 0.818. The van der Waals surface area contributed by atoms with Crippen LogP contribution in [0.3, 0.4) is 0 Å². The van der Waals surface area contributed by atoms with Crippen LogP contribution in [-0.2, 0) is 39.8 Å². The number of hydrogen-bond acceptors (Lipinski definition) is 6. The molecule has 206 valence electrons. The fourth-order valence-corrected chi connectivity index (χ4v) is 3.89. The van der Waals surface area contributed by atoms with Crippen LogP contribution in [0.1, 0.15) is 23.7 Å². The first kappa shape index (κ1) is 30.7. The van der Waals surface area contributed by atoms with Crippen LogP contribution in [0.2, 0.25) is 5.02 Å². The Morgan fingerprint density at radius 1 is 1.11 bits per heavy atom. The van der Waals surface area contributed by atoms with Gasteiger partial charge in [0.05, 0.1) is 28.4 Å². The average molecular weight is 635 g/mol. The zero-order valence-corrected chi connectivity index (χ0v) is 20.9. The van der Waals surface area contributed by atoms with E-state index in [1.54, 1.807) is 0 Å². The van der Waals surface area contributed by atoms with E-state index in [-0.39, 0.29) is 21.6 Å². The molecular formula is C19H14BrClF9N3O4. The molecule has 1 heterocycles. The van der Waals surface area contributed by atoms with Gasteiger partial charge in [-0.15, -0.1) is 0 Å². The molecule has 0 fully saturated rings. The maximum Gasteiger partial charge on any atom is 0.435 e. The lowest BCUT2D eigenvalue weighted by atomic mass is 10.1. The lowest BCUT2D eigenvalue weighted by Gasteiger charge is -2.33. The number of alkyl halides is 9. The van der Waals surface area contributed by atoms with Crippen molar-refractivity contribution in [1.29, 1.82) is 0 Å². The summed E-state index contributed by atoms with van der Waals surface area (Å²) in [4.78, 5) is 28.3. The van der Waals surface area contributed by atoms with E-state index in [0.29, 0.717) is 0 Å². The number of rotatable bonds is 6. The number of methoxy groups -OCH3 is 1. The highest BCUT2D eigenvalue weighted by Crippen LogP contribution is 2.46. The fraction of sp³-hybridized carbons (Fsp3) is 0.421. The predicted octanol–water partition coefficient (Wildman–Crippen LogP) is 5.93. The van der Waals surface area contributed by atoms with Gasteiger partial charge in [0.25, 0.3) is 5.56 Å². The second-order valence-electron chi connectivity index (χ2n) is 6.99. The van der Waals surface area contributed by atoms with Crippen molar-refractivity contribution in [1.82, 2.24) is 9.55 Å². The number of ether oxygens (including phenoxy) is 2. The minimum absolute atomic E-state index is 0.0995. The predicted molar refractivity (Wildman–Crippen MR) is 113 cm³/mol. The van der Waals surface area contributed by atoms with Crippen molar-refractivity contribution in [3.05, 3.63) is 48.8 Å². The molecule has 0 N–H and O–H groups in total. The molecule has 2 aromatic rings. The SMILES string of the molecule is CCOC(C(=O)OC)N(c1cc(C(F)(F)F)cc(C(F)(F)F)c1Br)c1nc(C(F)(F)F)c(Cl)c(=O)n1C. The largest absolute Gasteiger partial charge is 0.466 e. The number of nitrogens with zero attached hydrogens (tertiary/aromatic N) is 3. The Kier molecular flexibility index (Phi) is 8.86. The first-order chi connectivity index (χ1) is 16.8. The van der Waals surface area contributed by atoms with Gasteiger partial charge in [-0.1, -0.05) is 11.6 Å². The summed E-state index contributed by atoms with van der Waals surface area (Å²) < 4.78 is 131. The molecule has 0 aliphatic carbocycles. The minimum atomic E-state index is -5.41. The van der Waals surface area contributed by atoms with E-state index in [0.717, 1.165) is 14.2 Å². The zero-order chi connectivity index (χ0) is 28.7. The monoisotopic (exact) mass is 633 g/mol. The standard InChI is InChI=1S/C19H14BrClF9N3O4/c1-4-37-14(15(35)36-3)33(16-31-12(19(28,29)30)11(21)13(34)32(16)2)9-6-7(17(22,23)24)5-8(10(9)20)18(25,26)27/h5-6,14H,4H2,1-3H3. The second-order valence-corrected chi connectivity index (χ2v) is 8.16. The number of aromatic nitrogens is 2. The van der Waals surface area contributed by atoms with Crippen molar-refractivity contribution in [2.75, 3.05) is 18.6 Å². The van der Waals surface area contributed by atoms with Crippen molar-refractivity contribution >= 4 is 45.1 Å². The summed E-state index contributed by atoms with van der Waals surface area (Å²) in [6, 6.07) is -0.155. The number of halogens is 11. The summed E-state index contributed by atoms with van der Waals surface area (Å²) in [5.41, 5.74) is -8.57. The number of esters is 1. The van der Waals surface area contributed by atoms with Crippen molar-refractivity contribution < 1.29 is 53.8 Å². The number of carbonyl (C=O) groups excluding carboxylic acids is 1. The van der Waals surface area contributed by atoms with E-state index in [9.17, 15) is 49.1 Å². The van der Waals surface area contributed by atoms with Gasteiger partial charge in [0, 0.05) is 13.7 Å². The quantitative estimate of drug-likeness (QED) is 0.223. The van der Waals surface area contributed by atoms with Crippen molar-refractivity contribution in [3.8, 4) is 0 Å². The van der Waals surface area contributed by atoms with Gasteiger partial charge in [0.2, 0.25) is 12.2 Å². The van der Waals surface area contributed by atoms with E-state index in [4.69, 9.17) is 16.3 Å². The molecule has 0 aliphatic heterocycles. The number of anilines is 2. The van der Waals surface area contributed by atoms with Crippen molar-refractivity contribution in [2.45, 2.75) is 31.7 Å². The molecule has 0 saturated carbocycles. The number of carbonyl (C=O) groups is 1. The fourth-order valence-electron chi connectivity index (χ4n) is 2.97. The van der Waals surface area contributed by atoms with Crippen LogP contribution >= 0.6 is 27.5 Å². The molecule has 1 aromatic heterocycles.